The lowest BCUT2D eigenvalue weighted by Crippen LogP contribution is -2.22. The Morgan fingerprint density at radius 2 is 2.00 bits per heavy atom. The lowest BCUT2D eigenvalue weighted by atomic mass is 10.1. The van der Waals surface area contributed by atoms with Gasteiger partial charge in [0.15, 0.2) is 0 Å². The molecule has 1 aromatic carbocycles. The molecule has 0 atom stereocenters. The van der Waals surface area contributed by atoms with Gasteiger partial charge in [0, 0.05) is 18.0 Å². The van der Waals surface area contributed by atoms with E-state index in [1.54, 1.807) is 0 Å². The van der Waals surface area contributed by atoms with Gasteiger partial charge in [0.05, 0.1) is 5.69 Å². The van der Waals surface area contributed by atoms with Gasteiger partial charge in [0.2, 0.25) is 5.88 Å². The average molecular weight is 284 g/mol. The number of rotatable bonds is 5. The molecule has 112 valence electrons. The van der Waals surface area contributed by atoms with Crippen LogP contribution in [-0.2, 0) is 6.54 Å². The summed E-state index contributed by atoms with van der Waals surface area (Å²) in [6, 6.07) is 11.0. The molecule has 3 rings (SSSR count). The van der Waals surface area contributed by atoms with E-state index < -0.39 is 0 Å². The van der Waals surface area contributed by atoms with E-state index in [0.717, 1.165) is 36.3 Å². The van der Waals surface area contributed by atoms with Crippen molar-refractivity contribution in [2.75, 3.05) is 0 Å². The maximum Gasteiger partial charge on any atom is 0.221 e. The van der Waals surface area contributed by atoms with Crippen LogP contribution in [0, 0.1) is 0 Å². The first-order valence-electron chi connectivity index (χ1n) is 8.01. The Kier molecular flexibility index (Phi) is 4.39. The molecule has 1 N–H and O–H groups in total. The molecule has 1 aliphatic rings. The zero-order chi connectivity index (χ0) is 14.7. The predicted molar refractivity (Wildman–Crippen MR) is 86.6 cm³/mol. The van der Waals surface area contributed by atoms with E-state index in [1.165, 1.54) is 18.2 Å². The fourth-order valence-electron chi connectivity index (χ4n) is 2.87. The normalized spacial score (nSPS) is 16.0. The van der Waals surface area contributed by atoms with Gasteiger partial charge in [0.1, 0.15) is 6.10 Å². The molecule has 1 heterocycles. The fourth-order valence-corrected chi connectivity index (χ4v) is 2.87. The largest absolute Gasteiger partial charge is 0.474 e. The Morgan fingerprint density at radius 3 is 2.76 bits per heavy atom. The van der Waals surface area contributed by atoms with Crippen LogP contribution in [0.4, 0.5) is 0 Å². The van der Waals surface area contributed by atoms with Crippen LogP contribution < -0.4 is 10.1 Å². The number of hydrogen-bond donors (Lipinski definition) is 1. The summed E-state index contributed by atoms with van der Waals surface area (Å²) in [5.74, 6) is 0.806. The first-order valence-corrected chi connectivity index (χ1v) is 8.01. The molecule has 1 saturated carbocycles. The van der Waals surface area contributed by atoms with E-state index in [0.29, 0.717) is 12.1 Å². The van der Waals surface area contributed by atoms with E-state index in [-0.39, 0.29) is 0 Å². The summed E-state index contributed by atoms with van der Waals surface area (Å²) in [4.78, 5) is 4.75. The third-order valence-electron chi connectivity index (χ3n) is 4.03. The van der Waals surface area contributed by atoms with Crippen LogP contribution in [0.3, 0.4) is 0 Å². The van der Waals surface area contributed by atoms with Crippen molar-refractivity contribution in [2.45, 2.75) is 58.2 Å². The van der Waals surface area contributed by atoms with Crippen LogP contribution in [0.5, 0.6) is 5.88 Å². The zero-order valence-corrected chi connectivity index (χ0v) is 12.9. The summed E-state index contributed by atoms with van der Waals surface area (Å²) in [5.41, 5.74) is 1.05. The van der Waals surface area contributed by atoms with Crippen LogP contribution in [0.2, 0.25) is 0 Å². The Morgan fingerprint density at radius 1 is 1.24 bits per heavy atom. The Hall–Kier alpha value is -1.61. The highest BCUT2D eigenvalue weighted by molar-refractivity contribution is 5.87. The van der Waals surface area contributed by atoms with Gasteiger partial charge in [0.25, 0.3) is 0 Å². The third kappa shape index (κ3) is 3.53. The summed E-state index contributed by atoms with van der Waals surface area (Å²) in [7, 11) is 0. The minimum atomic E-state index is 0.342. The first kappa shape index (κ1) is 14.3. The summed E-state index contributed by atoms with van der Waals surface area (Å²) < 4.78 is 6.20. The van der Waals surface area contributed by atoms with Crippen molar-refractivity contribution in [3.8, 4) is 5.88 Å². The first-order chi connectivity index (χ1) is 10.2. The number of ether oxygens (including phenoxy) is 1. The lowest BCUT2D eigenvalue weighted by Gasteiger charge is -2.16. The predicted octanol–water partition coefficient (Wildman–Crippen LogP) is 4.05. The molecular formula is C18H24N2O. The molecule has 2 aromatic rings. The van der Waals surface area contributed by atoms with Gasteiger partial charge in [-0.15, -0.1) is 0 Å². The molecule has 0 radical (unpaired) electrons. The van der Waals surface area contributed by atoms with E-state index in [2.05, 4.69) is 49.5 Å². The molecule has 1 aromatic heterocycles. The quantitative estimate of drug-likeness (QED) is 0.899. The van der Waals surface area contributed by atoms with Crippen molar-refractivity contribution in [1.29, 1.82) is 0 Å². The van der Waals surface area contributed by atoms with E-state index in [1.807, 2.05) is 0 Å². The van der Waals surface area contributed by atoms with E-state index in [4.69, 9.17) is 9.72 Å². The second-order valence-corrected chi connectivity index (χ2v) is 6.20. The zero-order valence-electron chi connectivity index (χ0n) is 12.9. The van der Waals surface area contributed by atoms with Gasteiger partial charge < -0.3 is 10.1 Å². The van der Waals surface area contributed by atoms with Gasteiger partial charge >= 0.3 is 0 Å². The van der Waals surface area contributed by atoms with Crippen LogP contribution >= 0.6 is 0 Å². The van der Waals surface area contributed by atoms with Crippen molar-refractivity contribution in [3.05, 3.63) is 36.0 Å². The summed E-state index contributed by atoms with van der Waals surface area (Å²) in [6.07, 6.45) is 5.21. The topological polar surface area (TPSA) is 34.1 Å². The number of nitrogens with one attached hydrogen (secondary N) is 1. The molecule has 0 saturated heterocycles. The van der Waals surface area contributed by atoms with Crippen LogP contribution in [0.15, 0.2) is 30.3 Å². The summed E-state index contributed by atoms with van der Waals surface area (Å²) >= 11 is 0. The maximum atomic E-state index is 6.20. The molecule has 0 unspecified atom stereocenters. The number of nitrogens with zero attached hydrogens (tertiary/aromatic N) is 1. The van der Waals surface area contributed by atoms with Crippen molar-refractivity contribution in [3.63, 3.8) is 0 Å². The highest BCUT2D eigenvalue weighted by Gasteiger charge is 2.18. The standard InChI is InChI=1S/C18H24N2O/c1-13(2)19-12-15-11-14-7-3-6-10-17(14)18(20-15)21-16-8-4-5-9-16/h3,6-7,10-11,13,16,19H,4-5,8-9,12H2,1-2H3. The molecule has 0 bridgehead atoms. The molecule has 0 aliphatic heterocycles. The van der Waals surface area contributed by atoms with E-state index in [9.17, 15) is 0 Å². The Labute approximate surface area is 126 Å². The van der Waals surface area contributed by atoms with Crippen LogP contribution in [0.1, 0.15) is 45.2 Å². The van der Waals surface area contributed by atoms with Gasteiger partial charge in [-0.3, -0.25) is 0 Å². The van der Waals surface area contributed by atoms with Crippen molar-refractivity contribution < 1.29 is 4.74 Å². The van der Waals surface area contributed by atoms with Crippen LogP contribution in [0.25, 0.3) is 10.8 Å². The fraction of sp³-hybridized carbons (Fsp3) is 0.500. The highest BCUT2D eigenvalue weighted by Crippen LogP contribution is 2.29. The molecule has 21 heavy (non-hydrogen) atoms. The average Bonchev–Trinajstić information content (AvgIpc) is 2.98. The third-order valence-corrected chi connectivity index (χ3v) is 4.03. The van der Waals surface area contributed by atoms with Gasteiger partial charge in [-0.2, -0.15) is 0 Å². The second-order valence-electron chi connectivity index (χ2n) is 6.20. The SMILES string of the molecule is CC(C)NCc1cc2ccccc2c(OC2CCCC2)n1. The molecular weight excluding hydrogens is 260 g/mol. The van der Waals surface area contributed by atoms with Crippen molar-refractivity contribution >= 4 is 10.8 Å². The number of pyridine rings is 1. The van der Waals surface area contributed by atoms with E-state index >= 15 is 0 Å². The van der Waals surface area contributed by atoms with Crippen molar-refractivity contribution in [2.24, 2.45) is 0 Å². The Balaban J connectivity index is 1.90. The summed E-state index contributed by atoms with van der Waals surface area (Å²) in [5, 5.41) is 5.76. The minimum absolute atomic E-state index is 0.342. The molecule has 3 heteroatoms. The Bertz CT molecular complexity index is 603. The molecule has 1 aliphatic carbocycles. The maximum absolute atomic E-state index is 6.20. The molecule has 3 nitrogen and oxygen atoms in total. The monoisotopic (exact) mass is 284 g/mol. The summed E-state index contributed by atoms with van der Waals surface area (Å²) in [6.45, 7) is 5.08. The minimum Gasteiger partial charge on any atom is -0.474 e. The molecule has 1 fully saturated rings. The molecule has 0 amide bonds. The number of hydrogen-bond acceptors (Lipinski definition) is 3. The number of aromatic nitrogens is 1. The number of benzene rings is 1. The smallest absolute Gasteiger partial charge is 0.221 e. The van der Waals surface area contributed by atoms with Crippen molar-refractivity contribution in [1.82, 2.24) is 10.3 Å². The van der Waals surface area contributed by atoms with Crippen LogP contribution in [-0.4, -0.2) is 17.1 Å². The van der Waals surface area contributed by atoms with Gasteiger partial charge in [-0.1, -0.05) is 32.0 Å². The number of fused-ring (bicyclic) bond motifs is 1. The highest BCUT2D eigenvalue weighted by atomic mass is 16.5. The second kappa shape index (κ2) is 6.44. The van der Waals surface area contributed by atoms with Gasteiger partial charge in [-0.25, -0.2) is 4.98 Å². The van der Waals surface area contributed by atoms with Gasteiger partial charge in [-0.05, 0) is 43.2 Å². The molecule has 0 spiro atoms. The lowest BCUT2D eigenvalue weighted by molar-refractivity contribution is 0.204.